The molecular formula is C25H24ClFN4O8. The number of carbonyl (C=O) groups excluding carboxylic acids is 3. The molecule has 0 spiro atoms. The maximum Gasteiger partial charge on any atom is 0.341 e. The summed E-state index contributed by atoms with van der Waals surface area (Å²) >= 11 is 6.24. The van der Waals surface area contributed by atoms with Crippen LogP contribution in [-0.4, -0.2) is 76.2 Å². The van der Waals surface area contributed by atoms with Crippen molar-refractivity contribution in [1.82, 2.24) is 4.90 Å². The minimum absolute atomic E-state index is 0.0500. The fourth-order valence-electron chi connectivity index (χ4n) is 4.76. The first kappa shape index (κ1) is 27.8. The summed E-state index contributed by atoms with van der Waals surface area (Å²) in [6, 6.07) is 9.54. The Morgan fingerprint density at radius 3 is 2.38 bits per heavy atom. The van der Waals surface area contributed by atoms with Gasteiger partial charge in [-0.1, -0.05) is 18.2 Å². The molecule has 4 rings (SSSR count). The predicted molar refractivity (Wildman–Crippen MR) is 136 cm³/mol. The van der Waals surface area contributed by atoms with Crippen molar-refractivity contribution in [2.24, 2.45) is 0 Å². The van der Waals surface area contributed by atoms with Crippen molar-refractivity contribution in [3.63, 3.8) is 0 Å². The molecule has 4 amide bonds. The molecule has 3 N–H and O–H groups in total. The lowest BCUT2D eigenvalue weighted by atomic mass is 9.96. The average molecular weight is 563 g/mol. The molecule has 14 heteroatoms. The van der Waals surface area contributed by atoms with E-state index in [9.17, 15) is 34.2 Å². The summed E-state index contributed by atoms with van der Waals surface area (Å²) in [4.78, 5) is 64.1. The van der Waals surface area contributed by atoms with Crippen LogP contribution in [0.3, 0.4) is 0 Å². The number of hydrogen-bond donors (Lipinski definition) is 3. The van der Waals surface area contributed by atoms with Gasteiger partial charge in [0.1, 0.15) is 11.9 Å². The van der Waals surface area contributed by atoms with Gasteiger partial charge in [-0.05, 0) is 30.3 Å². The van der Waals surface area contributed by atoms with E-state index in [1.165, 1.54) is 12.0 Å². The number of anilines is 3. The third kappa shape index (κ3) is 4.98. The lowest BCUT2D eigenvalue weighted by molar-refractivity contribution is -0.157. The highest BCUT2D eigenvalue weighted by Gasteiger charge is 2.58. The number of amides is 4. The number of ether oxygens (including phenoxy) is 1. The summed E-state index contributed by atoms with van der Waals surface area (Å²) in [6.07, 6.45) is -1.23. The third-order valence-electron chi connectivity index (χ3n) is 6.80. The minimum Gasteiger partial charge on any atom is -0.479 e. The Bertz CT molecular complexity index is 1310. The van der Waals surface area contributed by atoms with E-state index in [2.05, 4.69) is 5.32 Å². The van der Waals surface area contributed by atoms with Crippen molar-refractivity contribution in [3.8, 4) is 0 Å². The molecule has 0 radical (unpaired) electrons. The number of urea groups is 1. The van der Waals surface area contributed by atoms with Crippen LogP contribution in [0, 0.1) is 5.82 Å². The number of aliphatic carboxylic acids is 2. The number of nitrogens with zero attached hydrogens (tertiary/aromatic N) is 3. The SMILES string of the molecule is COC1CC(C(=O)Nc2ccc(N3C(=O)CCC3(C(=O)O)C(=O)O)cc2F)N(C(=O)N(Cl)c2ccccc2)C1. The van der Waals surface area contributed by atoms with E-state index in [0.29, 0.717) is 10.6 Å². The van der Waals surface area contributed by atoms with E-state index >= 15 is 4.39 Å². The molecule has 2 unspecified atom stereocenters. The van der Waals surface area contributed by atoms with Gasteiger partial charge in [0.25, 0.3) is 0 Å². The van der Waals surface area contributed by atoms with Gasteiger partial charge in [-0.15, -0.1) is 0 Å². The summed E-state index contributed by atoms with van der Waals surface area (Å²) in [5.74, 6) is -6.11. The topological polar surface area (TPSA) is 157 Å². The van der Waals surface area contributed by atoms with E-state index in [1.807, 2.05) is 0 Å². The number of benzene rings is 2. The number of methoxy groups -OCH3 is 1. The van der Waals surface area contributed by atoms with E-state index in [1.54, 1.807) is 30.3 Å². The largest absolute Gasteiger partial charge is 0.479 e. The van der Waals surface area contributed by atoms with Gasteiger partial charge < -0.3 is 25.2 Å². The van der Waals surface area contributed by atoms with Crippen molar-refractivity contribution in [1.29, 1.82) is 0 Å². The number of rotatable bonds is 7. The molecule has 2 aromatic rings. The van der Waals surface area contributed by atoms with Crippen LogP contribution in [0.15, 0.2) is 48.5 Å². The molecule has 2 aliphatic rings. The van der Waals surface area contributed by atoms with E-state index < -0.39 is 59.7 Å². The van der Waals surface area contributed by atoms with E-state index in [0.717, 1.165) is 22.6 Å². The van der Waals surface area contributed by atoms with Gasteiger partial charge in [-0.2, -0.15) is 0 Å². The molecule has 2 saturated heterocycles. The van der Waals surface area contributed by atoms with Crippen LogP contribution in [0.4, 0.5) is 26.2 Å². The van der Waals surface area contributed by atoms with Crippen molar-refractivity contribution in [2.45, 2.75) is 36.9 Å². The van der Waals surface area contributed by atoms with Crippen LogP contribution in [-0.2, 0) is 23.9 Å². The van der Waals surface area contributed by atoms with Gasteiger partial charge in [-0.3, -0.25) is 14.5 Å². The van der Waals surface area contributed by atoms with Crippen LogP contribution >= 0.6 is 11.8 Å². The first-order chi connectivity index (χ1) is 18.5. The van der Waals surface area contributed by atoms with Crippen LogP contribution in [0.2, 0.25) is 0 Å². The number of likely N-dealkylation sites (tertiary alicyclic amines) is 1. The molecule has 0 aromatic heterocycles. The summed E-state index contributed by atoms with van der Waals surface area (Å²) in [6.45, 7) is 0.0500. The summed E-state index contributed by atoms with van der Waals surface area (Å²) < 4.78 is 21.3. The summed E-state index contributed by atoms with van der Waals surface area (Å²) in [5.41, 5.74) is -2.83. The van der Waals surface area contributed by atoms with E-state index in [-0.39, 0.29) is 30.8 Å². The predicted octanol–water partition coefficient (Wildman–Crippen LogP) is 2.67. The summed E-state index contributed by atoms with van der Waals surface area (Å²) in [7, 11) is 1.43. The Balaban J connectivity index is 1.56. The molecule has 0 saturated carbocycles. The Hall–Kier alpha value is -4.23. The second-order valence-corrected chi connectivity index (χ2v) is 9.35. The highest BCUT2D eigenvalue weighted by Crippen LogP contribution is 2.37. The Morgan fingerprint density at radius 1 is 1.13 bits per heavy atom. The minimum atomic E-state index is -2.58. The molecule has 2 aliphatic heterocycles. The van der Waals surface area contributed by atoms with Crippen molar-refractivity contribution >= 4 is 58.6 Å². The number of carboxylic acids is 2. The van der Waals surface area contributed by atoms with Gasteiger partial charge in [0.15, 0.2) is 0 Å². The smallest absolute Gasteiger partial charge is 0.341 e. The van der Waals surface area contributed by atoms with Crippen LogP contribution < -0.4 is 14.6 Å². The van der Waals surface area contributed by atoms with Crippen molar-refractivity contribution < 1.29 is 43.3 Å². The highest BCUT2D eigenvalue weighted by atomic mass is 35.5. The number of carboxylic acid groups (broad SMARTS) is 2. The highest BCUT2D eigenvalue weighted by molar-refractivity contribution is 6.36. The number of para-hydroxylation sites is 1. The molecule has 12 nitrogen and oxygen atoms in total. The van der Waals surface area contributed by atoms with E-state index in [4.69, 9.17) is 16.5 Å². The van der Waals surface area contributed by atoms with Gasteiger partial charge in [0, 0.05) is 50.4 Å². The maximum atomic E-state index is 15.1. The van der Waals surface area contributed by atoms with Gasteiger partial charge >= 0.3 is 18.0 Å². The van der Waals surface area contributed by atoms with Crippen molar-refractivity contribution in [3.05, 3.63) is 54.3 Å². The second-order valence-electron chi connectivity index (χ2n) is 9.01. The molecule has 0 bridgehead atoms. The number of nitrogens with one attached hydrogen (secondary N) is 1. The first-order valence-electron chi connectivity index (χ1n) is 11.8. The third-order valence-corrected chi connectivity index (χ3v) is 7.14. The fraction of sp³-hybridized carbons (Fsp3) is 0.320. The summed E-state index contributed by atoms with van der Waals surface area (Å²) in [5, 5.41) is 21.6. The van der Waals surface area contributed by atoms with Gasteiger partial charge in [0.2, 0.25) is 17.4 Å². The van der Waals surface area contributed by atoms with Crippen molar-refractivity contribution in [2.75, 3.05) is 28.3 Å². The molecule has 2 heterocycles. The monoisotopic (exact) mass is 562 g/mol. The first-order valence-corrected chi connectivity index (χ1v) is 12.1. The number of carbonyl (C=O) groups is 5. The van der Waals surface area contributed by atoms with Crippen LogP contribution in [0.5, 0.6) is 0 Å². The van der Waals surface area contributed by atoms with Crippen LogP contribution in [0.25, 0.3) is 0 Å². The molecule has 2 atom stereocenters. The fourth-order valence-corrected chi connectivity index (χ4v) is 4.97. The Morgan fingerprint density at radius 2 is 1.79 bits per heavy atom. The molecule has 2 fully saturated rings. The molecule has 0 aliphatic carbocycles. The standard InChI is InChI=1S/C25H24ClFN4O8/c1-39-16-12-19(29(13-16)24(38)31(26)14-5-3-2-4-6-14)21(33)28-18-8-7-15(11-17(18)27)30-20(32)9-10-25(30,22(34)35)23(36)37/h2-8,11,16,19H,9-10,12-13H2,1H3,(H,28,33)(H,34,35)(H,36,37). The molecular weight excluding hydrogens is 539 g/mol. The normalized spacial score (nSPS) is 20.1. The molecule has 206 valence electrons. The van der Waals surface area contributed by atoms with Gasteiger partial charge in [0.05, 0.1) is 17.5 Å². The average Bonchev–Trinajstić information content (AvgIpc) is 3.51. The second kappa shape index (κ2) is 10.9. The van der Waals surface area contributed by atoms with Crippen LogP contribution in [0.1, 0.15) is 19.3 Å². The van der Waals surface area contributed by atoms with Gasteiger partial charge in [-0.25, -0.2) is 23.2 Å². The lowest BCUT2D eigenvalue weighted by Crippen LogP contribution is -2.58. The quantitative estimate of drug-likeness (QED) is 0.343. The Kier molecular flexibility index (Phi) is 7.74. The maximum absolute atomic E-state index is 15.1. The molecule has 39 heavy (non-hydrogen) atoms. The zero-order valence-electron chi connectivity index (χ0n) is 20.5. The Labute approximate surface area is 226 Å². The zero-order valence-corrected chi connectivity index (χ0v) is 21.3. The number of halogens is 2. The number of hydrogen-bond acceptors (Lipinski definition) is 6. The lowest BCUT2D eigenvalue weighted by Gasteiger charge is -2.31. The molecule has 2 aromatic carbocycles. The zero-order chi connectivity index (χ0) is 28.5.